The average molecular weight is 352 g/mol. The number of carbonyl (C=O) groups is 1. The van der Waals surface area contributed by atoms with Crippen LogP contribution in [0.1, 0.15) is 5.56 Å². The Morgan fingerprint density at radius 1 is 0.923 bits per heavy atom. The van der Waals surface area contributed by atoms with E-state index < -0.39 is 0 Å². The van der Waals surface area contributed by atoms with Crippen LogP contribution in [0.3, 0.4) is 0 Å². The maximum atomic E-state index is 12.9. The van der Waals surface area contributed by atoms with E-state index in [0.29, 0.717) is 23.9 Å². The van der Waals surface area contributed by atoms with Crippen molar-refractivity contribution in [3.8, 4) is 5.75 Å². The Morgan fingerprint density at radius 2 is 1.62 bits per heavy atom. The molecule has 0 bridgehead atoms. The van der Waals surface area contributed by atoms with Gasteiger partial charge in [-0.05, 0) is 42.0 Å². The zero-order chi connectivity index (χ0) is 18.2. The highest BCUT2D eigenvalue weighted by molar-refractivity contribution is 5.90. The topological polar surface area (TPSA) is 76.1 Å². The van der Waals surface area contributed by atoms with Gasteiger partial charge in [-0.3, -0.25) is 4.79 Å². The molecule has 2 aromatic carbocycles. The number of halogens is 1. The molecule has 3 aromatic rings. The molecule has 0 aliphatic carbocycles. The van der Waals surface area contributed by atoms with E-state index >= 15 is 0 Å². The van der Waals surface area contributed by atoms with Crippen molar-refractivity contribution in [3.05, 3.63) is 78.1 Å². The molecular formula is C19H17FN4O2. The first kappa shape index (κ1) is 17.3. The molecule has 132 valence electrons. The minimum atomic E-state index is -0.324. The Morgan fingerprint density at radius 3 is 2.31 bits per heavy atom. The Bertz CT molecular complexity index is 840. The first-order valence-corrected chi connectivity index (χ1v) is 7.99. The summed E-state index contributed by atoms with van der Waals surface area (Å²) >= 11 is 0. The molecule has 0 saturated heterocycles. The van der Waals surface area contributed by atoms with Crippen molar-refractivity contribution >= 4 is 17.5 Å². The Balaban J connectivity index is 1.46. The molecular weight excluding hydrogens is 335 g/mol. The summed E-state index contributed by atoms with van der Waals surface area (Å²) < 4.78 is 18.2. The van der Waals surface area contributed by atoms with Gasteiger partial charge in [0.25, 0.3) is 5.91 Å². The SMILES string of the molecule is O=C(COc1ccccc1)Nc1ccc(NCc2ccc(F)cc2)nn1. The molecule has 0 radical (unpaired) electrons. The van der Waals surface area contributed by atoms with E-state index in [-0.39, 0.29) is 18.3 Å². The summed E-state index contributed by atoms with van der Waals surface area (Å²) in [6, 6.07) is 18.6. The largest absolute Gasteiger partial charge is 0.484 e. The van der Waals surface area contributed by atoms with Crippen LogP contribution in [-0.4, -0.2) is 22.7 Å². The number of para-hydroxylation sites is 1. The average Bonchev–Trinajstić information content (AvgIpc) is 2.68. The number of hydrogen-bond donors (Lipinski definition) is 2. The van der Waals surface area contributed by atoms with Crippen molar-refractivity contribution in [3.63, 3.8) is 0 Å². The van der Waals surface area contributed by atoms with E-state index in [1.807, 2.05) is 18.2 Å². The van der Waals surface area contributed by atoms with Gasteiger partial charge >= 0.3 is 0 Å². The monoisotopic (exact) mass is 352 g/mol. The van der Waals surface area contributed by atoms with Gasteiger partial charge in [-0.25, -0.2) is 4.39 Å². The predicted octanol–water partition coefficient (Wildman–Crippen LogP) is 3.25. The maximum Gasteiger partial charge on any atom is 0.263 e. The zero-order valence-electron chi connectivity index (χ0n) is 13.9. The van der Waals surface area contributed by atoms with Gasteiger partial charge in [-0.1, -0.05) is 30.3 Å². The van der Waals surface area contributed by atoms with E-state index in [2.05, 4.69) is 20.8 Å². The fourth-order valence-electron chi connectivity index (χ4n) is 2.13. The molecule has 7 heteroatoms. The van der Waals surface area contributed by atoms with Crippen molar-refractivity contribution in [2.75, 3.05) is 17.2 Å². The number of benzene rings is 2. The second kappa shape index (κ2) is 8.57. The normalized spacial score (nSPS) is 10.2. The molecule has 6 nitrogen and oxygen atoms in total. The van der Waals surface area contributed by atoms with E-state index in [1.165, 1.54) is 12.1 Å². The molecule has 0 unspecified atom stereocenters. The summed E-state index contributed by atoms with van der Waals surface area (Å²) in [5.41, 5.74) is 0.920. The number of nitrogens with one attached hydrogen (secondary N) is 2. The number of nitrogens with zero attached hydrogens (tertiary/aromatic N) is 2. The lowest BCUT2D eigenvalue weighted by Gasteiger charge is -2.08. The standard InChI is InChI=1S/C19H17FN4O2/c20-15-8-6-14(7-9-15)12-21-17-10-11-18(24-23-17)22-19(25)13-26-16-4-2-1-3-5-16/h1-11H,12-13H2,(H,21,23)(H,22,24,25). The smallest absolute Gasteiger partial charge is 0.263 e. The molecule has 1 amide bonds. The number of amides is 1. The van der Waals surface area contributed by atoms with Gasteiger partial charge in [0.2, 0.25) is 0 Å². The lowest BCUT2D eigenvalue weighted by Crippen LogP contribution is -2.21. The highest BCUT2D eigenvalue weighted by Gasteiger charge is 2.05. The highest BCUT2D eigenvalue weighted by Crippen LogP contribution is 2.10. The third-order valence-corrected chi connectivity index (χ3v) is 3.43. The minimum absolute atomic E-state index is 0.115. The first-order chi connectivity index (χ1) is 12.7. The van der Waals surface area contributed by atoms with Crippen LogP contribution in [0.15, 0.2) is 66.7 Å². The lowest BCUT2D eigenvalue weighted by molar-refractivity contribution is -0.118. The van der Waals surface area contributed by atoms with Crippen LogP contribution >= 0.6 is 0 Å². The second-order valence-corrected chi connectivity index (χ2v) is 5.43. The van der Waals surface area contributed by atoms with Crippen LogP contribution < -0.4 is 15.4 Å². The molecule has 0 aliphatic heterocycles. The third-order valence-electron chi connectivity index (χ3n) is 3.43. The maximum absolute atomic E-state index is 12.9. The van der Waals surface area contributed by atoms with Crippen molar-refractivity contribution in [2.45, 2.75) is 6.54 Å². The number of rotatable bonds is 7. The lowest BCUT2D eigenvalue weighted by atomic mass is 10.2. The molecule has 3 rings (SSSR count). The number of hydrogen-bond acceptors (Lipinski definition) is 5. The van der Waals surface area contributed by atoms with Crippen LogP contribution in [0, 0.1) is 5.82 Å². The first-order valence-electron chi connectivity index (χ1n) is 7.99. The van der Waals surface area contributed by atoms with Crippen molar-refractivity contribution < 1.29 is 13.9 Å². The number of anilines is 2. The number of aromatic nitrogens is 2. The van der Waals surface area contributed by atoms with Crippen molar-refractivity contribution in [2.24, 2.45) is 0 Å². The van der Waals surface area contributed by atoms with Gasteiger partial charge < -0.3 is 15.4 Å². The molecule has 26 heavy (non-hydrogen) atoms. The Labute approximate surface area is 150 Å². The third kappa shape index (κ3) is 5.27. The molecule has 0 saturated carbocycles. The molecule has 0 spiro atoms. The fourth-order valence-corrected chi connectivity index (χ4v) is 2.13. The summed E-state index contributed by atoms with van der Waals surface area (Å²) in [6.45, 7) is 0.377. The number of carbonyl (C=O) groups excluding carboxylic acids is 1. The summed E-state index contributed by atoms with van der Waals surface area (Å²) in [7, 11) is 0. The van der Waals surface area contributed by atoms with Gasteiger partial charge in [-0.2, -0.15) is 0 Å². The summed E-state index contributed by atoms with van der Waals surface area (Å²) in [4.78, 5) is 11.9. The summed E-state index contributed by atoms with van der Waals surface area (Å²) in [5, 5.41) is 13.6. The quantitative estimate of drug-likeness (QED) is 0.683. The van der Waals surface area contributed by atoms with Crippen LogP contribution in [0.25, 0.3) is 0 Å². The van der Waals surface area contributed by atoms with Gasteiger partial charge in [0.15, 0.2) is 12.4 Å². The molecule has 2 N–H and O–H groups in total. The predicted molar refractivity (Wildman–Crippen MR) is 96.3 cm³/mol. The van der Waals surface area contributed by atoms with E-state index in [9.17, 15) is 9.18 Å². The molecule has 1 aromatic heterocycles. The summed E-state index contributed by atoms with van der Waals surface area (Å²) in [6.07, 6.45) is 0. The van der Waals surface area contributed by atoms with Crippen LogP contribution in [0.2, 0.25) is 0 Å². The Kier molecular flexibility index (Phi) is 5.72. The van der Waals surface area contributed by atoms with Crippen molar-refractivity contribution in [1.29, 1.82) is 0 Å². The van der Waals surface area contributed by atoms with E-state index in [4.69, 9.17) is 4.74 Å². The second-order valence-electron chi connectivity index (χ2n) is 5.43. The van der Waals surface area contributed by atoms with Crippen LogP contribution in [0.5, 0.6) is 5.75 Å². The van der Waals surface area contributed by atoms with E-state index in [0.717, 1.165) is 5.56 Å². The fraction of sp³-hybridized carbons (Fsp3) is 0.105. The molecule has 0 atom stereocenters. The van der Waals surface area contributed by atoms with Gasteiger partial charge in [0.05, 0.1) is 0 Å². The molecule has 1 heterocycles. The highest BCUT2D eigenvalue weighted by atomic mass is 19.1. The summed E-state index contributed by atoms with van der Waals surface area (Å²) in [5.74, 6) is 0.904. The molecule has 0 aliphatic rings. The van der Waals surface area contributed by atoms with Crippen LogP contribution in [-0.2, 0) is 11.3 Å². The number of ether oxygens (including phenoxy) is 1. The Hall–Kier alpha value is -3.48. The molecule has 0 fully saturated rings. The van der Waals surface area contributed by atoms with E-state index in [1.54, 1.807) is 36.4 Å². The minimum Gasteiger partial charge on any atom is -0.484 e. The van der Waals surface area contributed by atoms with Gasteiger partial charge in [0.1, 0.15) is 17.4 Å². The zero-order valence-corrected chi connectivity index (χ0v) is 13.9. The van der Waals surface area contributed by atoms with Crippen LogP contribution in [0.4, 0.5) is 16.0 Å². The van der Waals surface area contributed by atoms with Crippen molar-refractivity contribution in [1.82, 2.24) is 10.2 Å². The van der Waals surface area contributed by atoms with Gasteiger partial charge in [-0.15, -0.1) is 10.2 Å². The van der Waals surface area contributed by atoms with Gasteiger partial charge in [0, 0.05) is 6.54 Å².